The van der Waals surface area contributed by atoms with E-state index in [2.05, 4.69) is 43.8 Å². The average molecular weight is 473 g/mol. The van der Waals surface area contributed by atoms with Crippen molar-refractivity contribution < 1.29 is 4.57 Å². The van der Waals surface area contributed by atoms with Crippen LogP contribution in [0.1, 0.15) is 173 Å². The molecule has 0 spiro atoms. The van der Waals surface area contributed by atoms with Gasteiger partial charge in [-0.3, -0.25) is 0 Å². The third kappa shape index (κ3) is 18.5. The second-order valence-electron chi connectivity index (χ2n) is 11.0. The highest BCUT2D eigenvalue weighted by atomic mass is 14.9. The lowest BCUT2D eigenvalue weighted by Crippen LogP contribution is -2.34. The Kier molecular flexibility index (Phi) is 21.9. The Morgan fingerprint density at radius 1 is 0.412 bits per heavy atom. The maximum absolute atomic E-state index is 2.54. The first-order valence-corrected chi connectivity index (χ1v) is 15.8. The smallest absolute Gasteiger partial charge is 0.171 e. The van der Waals surface area contributed by atoms with Crippen molar-refractivity contribution in [1.82, 2.24) is 0 Å². The van der Waals surface area contributed by atoms with E-state index in [1.165, 1.54) is 161 Å². The van der Waals surface area contributed by atoms with Gasteiger partial charge in [0, 0.05) is 17.5 Å². The van der Waals surface area contributed by atoms with Crippen LogP contribution in [0.15, 0.2) is 18.5 Å². The van der Waals surface area contributed by atoms with Gasteiger partial charge >= 0.3 is 0 Å². The molecule has 0 radical (unpaired) electrons. The minimum Gasteiger partial charge on any atom is -0.205 e. The van der Waals surface area contributed by atoms with Gasteiger partial charge in [0.15, 0.2) is 12.4 Å². The van der Waals surface area contributed by atoms with Crippen LogP contribution in [0, 0.1) is 0 Å². The summed E-state index contributed by atoms with van der Waals surface area (Å²) in [6.45, 7) is 8.12. The average Bonchev–Trinajstić information content (AvgIpc) is 2.84. The highest BCUT2D eigenvalue weighted by Crippen LogP contribution is 2.15. The van der Waals surface area contributed by atoms with Crippen molar-refractivity contribution in [3.8, 4) is 0 Å². The third-order valence-corrected chi connectivity index (χ3v) is 7.44. The summed E-state index contributed by atoms with van der Waals surface area (Å²) >= 11 is 0. The summed E-state index contributed by atoms with van der Waals surface area (Å²) in [5.41, 5.74) is 3.18. The zero-order valence-electron chi connectivity index (χ0n) is 23.9. The van der Waals surface area contributed by atoms with E-state index >= 15 is 0 Å². The summed E-state index contributed by atoms with van der Waals surface area (Å²) in [6, 6.07) is 2.54. The largest absolute Gasteiger partial charge is 0.205 e. The molecule has 198 valence electrons. The minimum atomic E-state index is 1.20. The van der Waals surface area contributed by atoms with Gasteiger partial charge in [-0.1, -0.05) is 136 Å². The van der Waals surface area contributed by atoms with Gasteiger partial charge in [-0.2, -0.15) is 0 Å². The van der Waals surface area contributed by atoms with Crippen LogP contribution in [0.25, 0.3) is 0 Å². The van der Waals surface area contributed by atoms with Crippen LogP contribution in [0.5, 0.6) is 0 Å². The van der Waals surface area contributed by atoms with E-state index in [1.54, 1.807) is 11.1 Å². The standard InChI is InChI=1S/C33H62N/c1-4-7-10-13-15-17-19-21-23-26-32-29-33(31-34(30-32)28-25-12-9-6-3)27-24-22-20-18-16-14-11-8-5-2/h29-31H,4-28H2,1-3H3/q+1. The van der Waals surface area contributed by atoms with E-state index in [4.69, 9.17) is 0 Å². The molecule has 1 aromatic heterocycles. The van der Waals surface area contributed by atoms with Gasteiger partial charge < -0.3 is 0 Å². The molecule has 0 bridgehead atoms. The lowest BCUT2D eigenvalue weighted by atomic mass is 10.0. The van der Waals surface area contributed by atoms with Gasteiger partial charge in [-0.05, 0) is 38.2 Å². The Morgan fingerprint density at radius 3 is 1.12 bits per heavy atom. The Bertz CT molecular complexity index is 509. The molecule has 0 amide bonds. The molecule has 1 nitrogen and oxygen atoms in total. The van der Waals surface area contributed by atoms with Crippen LogP contribution in [-0.4, -0.2) is 0 Å². The van der Waals surface area contributed by atoms with Crippen molar-refractivity contribution in [2.75, 3.05) is 0 Å². The van der Waals surface area contributed by atoms with Crippen LogP contribution in [0.2, 0.25) is 0 Å². The fraction of sp³-hybridized carbons (Fsp3) is 0.848. The molecule has 0 aliphatic carbocycles. The van der Waals surface area contributed by atoms with Crippen LogP contribution in [0.4, 0.5) is 0 Å². The fourth-order valence-electron chi connectivity index (χ4n) is 5.18. The van der Waals surface area contributed by atoms with Crippen LogP contribution in [0.3, 0.4) is 0 Å². The number of nitrogens with zero attached hydrogens (tertiary/aromatic N) is 1. The number of rotatable bonds is 25. The van der Waals surface area contributed by atoms with Crippen LogP contribution >= 0.6 is 0 Å². The van der Waals surface area contributed by atoms with Gasteiger partial charge in [-0.25, -0.2) is 4.57 Å². The topological polar surface area (TPSA) is 3.88 Å². The molecule has 0 aliphatic heterocycles. The Balaban J connectivity index is 2.35. The summed E-state index contributed by atoms with van der Waals surface area (Å²) in [7, 11) is 0. The van der Waals surface area contributed by atoms with E-state index in [9.17, 15) is 0 Å². The summed E-state index contributed by atoms with van der Waals surface area (Å²) < 4.78 is 2.53. The monoisotopic (exact) mass is 472 g/mol. The van der Waals surface area contributed by atoms with E-state index in [-0.39, 0.29) is 0 Å². The molecule has 34 heavy (non-hydrogen) atoms. The van der Waals surface area contributed by atoms with Crippen LogP contribution < -0.4 is 4.57 Å². The van der Waals surface area contributed by atoms with Gasteiger partial charge in [0.25, 0.3) is 0 Å². The fourth-order valence-corrected chi connectivity index (χ4v) is 5.18. The van der Waals surface area contributed by atoms with E-state index in [1.807, 2.05) is 0 Å². The molecule has 0 aromatic carbocycles. The zero-order valence-corrected chi connectivity index (χ0v) is 23.9. The molecule has 1 rings (SSSR count). The summed E-state index contributed by atoms with van der Waals surface area (Å²) in [5.74, 6) is 0. The highest BCUT2D eigenvalue weighted by molar-refractivity contribution is 5.15. The Morgan fingerprint density at radius 2 is 0.735 bits per heavy atom. The predicted octanol–water partition coefficient (Wildman–Crippen LogP) is 10.7. The van der Waals surface area contributed by atoms with Crippen molar-refractivity contribution >= 4 is 0 Å². The number of aromatic nitrogens is 1. The summed E-state index contributed by atoms with van der Waals surface area (Å²) in [4.78, 5) is 0. The van der Waals surface area contributed by atoms with E-state index in [0.29, 0.717) is 0 Å². The molecular formula is C33H62N+. The van der Waals surface area contributed by atoms with Gasteiger partial charge in [0.1, 0.15) is 6.54 Å². The van der Waals surface area contributed by atoms with Gasteiger partial charge in [-0.15, -0.1) is 0 Å². The number of pyridine rings is 1. The molecular weight excluding hydrogens is 410 g/mol. The van der Waals surface area contributed by atoms with Crippen molar-refractivity contribution in [1.29, 1.82) is 0 Å². The Hall–Kier alpha value is -0.850. The molecule has 0 saturated heterocycles. The molecule has 0 N–H and O–H groups in total. The van der Waals surface area contributed by atoms with E-state index in [0.717, 1.165) is 0 Å². The normalized spacial score (nSPS) is 11.4. The van der Waals surface area contributed by atoms with Crippen molar-refractivity contribution in [2.24, 2.45) is 0 Å². The molecule has 0 saturated carbocycles. The number of hydrogen-bond donors (Lipinski definition) is 0. The molecule has 0 aliphatic rings. The molecule has 0 fully saturated rings. The minimum absolute atomic E-state index is 1.20. The second kappa shape index (κ2) is 23.9. The highest BCUT2D eigenvalue weighted by Gasteiger charge is 2.08. The van der Waals surface area contributed by atoms with Crippen molar-refractivity contribution in [2.45, 2.75) is 181 Å². The van der Waals surface area contributed by atoms with Gasteiger partial charge in [0.05, 0.1) is 0 Å². The first kappa shape index (κ1) is 31.2. The second-order valence-corrected chi connectivity index (χ2v) is 11.0. The zero-order chi connectivity index (χ0) is 24.5. The quantitative estimate of drug-likeness (QED) is 0.0983. The number of hydrogen-bond acceptors (Lipinski definition) is 0. The van der Waals surface area contributed by atoms with Crippen molar-refractivity contribution in [3.05, 3.63) is 29.6 Å². The molecule has 1 heteroatoms. The number of unbranched alkanes of at least 4 members (excludes halogenated alkanes) is 19. The lowest BCUT2D eigenvalue weighted by molar-refractivity contribution is -0.698. The SMILES string of the molecule is CCCCCCCCCCCc1cc(CCCCCCCCCCC)c[n+](CCCCCC)c1. The maximum atomic E-state index is 2.54. The molecule has 0 atom stereocenters. The van der Waals surface area contributed by atoms with Crippen LogP contribution in [-0.2, 0) is 19.4 Å². The maximum Gasteiger partial charge on any atom is 0.171 e. The molecule has 0 unspecified atom stereocenters. The lowest BCUT2D eigenvalue weighted by Gasteiger charge is -2.07. The third-order valence-electron chi connectivity index (χ3n) is 7.44. The number of aryl methyl sites for hydroxylation is 3. The first-order chi connectivity index (χ1) is 16.8. The van der Waals surface area contributed by atoms with Gasteiger partial charge in [0.2, 0.25) is 0 Å². The molecule has 1 heterocycles. The van der Waals surface area contributed by atoms with Crippen molar-refractivity contribution in [3.63, 3.8) is 0 Å². The molecule has 1 aromatic rings. The summed E-state index contributed by atoms with van der Waals surface area (Å²) in [6.07, 6.45) is 38.5. The Labute approximate surface area is 215 Å². The first-order valence-electron chi connectivity index (χ1n) is 15.8. The van der Waals surface area contributed by atoms with E-state index < -0.39 is 0 Å². The summed E-state index contributed by atoms with van der Waals surface area (Å²) in [5, 5.41) is 0. The predicted molar refractivity (Wildman–Crippen MR) is 153 cm³/mol.